The van der Waals surface area contributed by atoms with E-state index < -0.39 is 0 Å². The molecule has 0 aliphatic rings. The van der Waals surface area contributed by atoms with Crippen LogP contribution in [0.25, 0.3) is 0 Å². The third-order valence-corrected chi connectivity index (χ3v) is 2.98. The maximum Gasteiger partial charge on any atom is 0.255 e. The number of anilines is 1. The van der Waals surface area contributed by atoms with Gasteiger partial charge in [0.25, 0.3) is 5.91 Å². The minimum absolute atomic E-state index is 0.120. The van der Waals surface area contributed by atoms with Crippen molar-refractivity contribution in [1.29, 1.82) is 0 Å². The number of carbonyl (C=O) groups excluding carboxylic acids is 1. The van der Waals surface area contributed by atoms with Gasteiger partial charge in [-0.3, -0.25) is 4.79 Å². The van der Waals surface area contributed by atoms with Crippen LogP contribution in [0, 0.1) is 0 Å². The number of halogens is 1. The second kappa shape index (κ2) is 9.72. The molecule has 0 bridgehead atoms. The number of carbonyl (C=O) groups is 1. The number of nitrogens with one attached hydrogen (secondary N) is 2. The van der Waals surface area contributed by atoms with Gasteiger partial charge in [-0.15, -0.1) is 0 Å². The molecule has 5 nitrogen and oxygen atoms in total. The lowest BCUT2D eigenvalue weighted by Gasteiger charge is -2.10. The summed E-state index contributed by atoms with van der Waals surface area (Å²) >= 11 is 3.34. The molecule has 112 valence electrons. The Morgan fingerprint density at radius 2 is 2.20 bits per heavy atom. The van der Waals surface area contributed by atoms with Crippen molar-refractivity contribution in [2.24, 2.45) is 0 Å². The van der Waals surface area contributed by atoms with Gasteiger partial charge in [-0.25, -0.2) is 4.98 Å². The van der Waals surface area contributed by atoms with E-state index in [9.17, 15) is 4.79 Å². The monoisotopic (exact) mass is 343 g/mol. The SMILES string of the molecule is CCCOCCCNC(=O)c1cc(Br)cnc1NCC. The number of amides is 1. The molecule has 1 amide bonds. The molecule has 0 saturated carbocycles. The Bertz CT molecular complexity index is 427. The fraction of sp³-hybridized carbons (Fsp3) is 0.571. The van der Waals surface area contributed by atoms with Gasteiger partial charge < -0.3 is 15.4 Å². The normalized spacial score (nSPS) is 10.3. The number of hydrogen-bond donors (Lipinski definition) is 2. The van der Waals surface area contributed by atoms with Gasteiger partial charge >= 0.3 is 0 Å². The predicted molar refractivity (Wildman–Crippen MR) is 84.2 cm³/mol. The smallest absolute Gasteiger partial charge is 0.255 e. The molecule has 1 heterocycles. The Morgan fingerprint density at radius 3 is 2.90 bits per heavy atom. The van der Waals surface area contributed by atoms with E-state index in [4.69, 9.17) is 4.74 Å². The Hall–Kier alpha value is -1.14. The van der Waals surface area contributed by atoms with Crippen LogP contribution in [-0.2, 0) is 4.74 Å². The lowest BCUT2D eigenvalue weighted by molar-refractivity contribution is 0.0942. The number of ether oxygens (including phenoxy) is 1. The molecule has 1 aromatic rings. The number of hydrogen-bond acceptors (Lipinski definition) is 4. The predicted octanol–water partition coefficient (Wildman–Crippen LogP) is 2.82. The number of rotatable bonds is 9. The van der Waals surface area contributed by atoms with Crippen molar-refractivity contribution < 1.29 is 9.53 Å². The summed E-state index contributed by atoms with van der Waals surface area (Å²) in [5.74, 6) is 0.487. The molecule has 0 unspecified atom stereocenters. The molecule has 0 aliphatic carbocycles. The molecule has 1 aromatic heterocycles. The summed E-state index contributed by atoms with van der Waals surface area (Å²) in [5, 5.41) is 5.97. The van der Waals surface area contributed by atoms with Crippen LogP contribution in [0.3, 0.4) is 0 Å². The highest BCUT2D eigenvalue weighted by Crippen LogP contribution is 2.17. The maximum absolute atomic E-state index is 12.1. The third-order valence-electron chi connectivity index (χ3n) is 2.54. The summed E-state index contributed by atoms with van der Waals surface area (Å²) in [4.78, 5) is 16.3. The second-order valence-electron chi connectivity index (χ2n) is 4.30. The fourth-order valence-electron chi connectivity index (χ4n) is 1.64. The summed E-state index contributed by atoms with van der Waals surface area (Å²) in [6.07, 6.45) is 3.50. The van der Waals surface area contributed by atoms with Crippen LogP contribution in [0.5, 0.6) is 0 Å². The molecule has 0 fully saturated rings. The van der Waals surface area contributed by atoms with E-state index in [1.165, 1.54) is 0 Å². The second-order valence-corrected chi connectivity index (χ2v) is 5.22. The maximum atomic E-state index is 12.1. The van der Waals surface area contributed by atoms with E-state index >= 15 is 0 Å². The minimum Gasteiger partial charge on any atom is -0.381 e. The average Bonchev–Trinajstić information content (AvgIpc) is 2.44. The van der Waals surface area contributed by atoms with Crippen molar-refractivity contribution in [3.63, 3.8) is 0 Å². The van der Waals surface area contributed by atoms with E-state index in [0.717, 1.165) is 30.5 Å². The van der Waals surface area contributed by atoms with Crippen LogP contribution in [0.1, 0.15) is 37.0 Å². The molecular formula is C14H22BrN3O2. The highest BCUT2D eigenvalue weighted by atomic mass is 79.9. The molecule has 0 radical (unpaired) electrons. The zero-order valence-corrected chi connectivity index (χ0v) is 13.6. The Kier molecular flexibility index (Phi) is 8.22. The lowest BCUT2D eigenvalue weighted by atomic mass is 10.2. The van der Waals surface area contributed by atoms with Gasteiger partial charge in [-0.2, -0.15) is 0 Å². The molecule has 1 rings (SSSR count). The number of pyridine rings is 1. The summed E-state index contributed by atoms with van der Waals surface area (Å²) in [6.45, 7) is 6.81. The molecule has 0 atom stereocenters. The standard InChI is InChI=1S/C14H22BrN3O2/c1-3-7-20-8-5-6-17-14(19)12-9-11(15)10-18-13(12)16-4-2/h9-10H,3-8H2,1-2H3,(H,16,18)(H,17,19). The highest BCUT2D eigenvalue weighted by molar-refractivity contribution is 9.10. The first-order valence-corrected chi connectivity index (χ1v) is 7.73. The summed E-state index contributed by atoms with van der Waals surface area (Å²) < 4.78 is 6.16. The van der Waals surface area contributed by atoms with Gasteiger partial charge in [0.15, 0.2) is 0 Å². The first kappa shape index (κ1) is 16.9. The van der Waals surface area contributed by atoms with Crippen LogP contribution in [0.4, 0.5) is 5.82 Å². The molecule has 0 spiro atoms. The molecule has 6 heteroatoms. The highest BCUT2D eigenvalue weighted by Gasteiger charge is 2.12. The van der Waals surface area contributed by atoms with Crippen LogP contribution in [0.15, 0.2) is 16.7 Å². The van der Waals surface area contributed by atoms with Crippen molar-refractivity contribution in [2.75, 3.05) is 31.6 Å². The zero-order valence-electron chi connectivity index (χ0n) is 12.0. The van der Waals surface area contributed by atoms with E-state index in [1.54, 1.807) is 12.3 Å². The van der Waals surface area contributed by atoms with Gasteiger partial charge in [0.1, 0.15) is 5.82 Å². The Balaban J connectivity index is 2.47. The first-order chi connectivity index (χ1) is 9.69. The van der Waals surface area contributed by atoms with Crippen molar-refractivity contribution in [3.8, 4) is 0 Å². The van der Waals surface area contributed by atoms with E-state index in [-0.39, 0.29) is 5.91 Å². The van der Waals surface area contributed by atoms with E-state index in [2.05, 4.69) is 38.5 Å². The van der Waals surface area contributed by atoms with Crippen molar-refractivity contribution in [3.05, 3.63) is 22.3 Å². The molecular weight excluding hydrogens is 322 g/mol. The summed E-state index contributed by atoms with van der Waals surface area (Å²) in [6, 6.07) is 1.77. The topological polar surface area (TPSA) is 63.2 Å². The lowest BCUT2D eigenvalue weighted by Crippen LogP contribution is -2.26. The van der Waals surface area contributed by atoms with Crippen LogP contribution < -0.4 is 10.6 Å². The third kappa shape index (κ3) is 5.88. The van der Waals surface area contributed by atoms with Crippen molar-refractivity contribution in [1.82, 2.24) is 10.3 Å². The Morgan fingerprint density at radius 1 is 1.40 bits per heavy atom. The summed E-state index contributed by atoms with van der Waals surface area (Å²) in [5.41, 5.74) is 0.552. The van der Waals surface area contributed by atoms with Crippen LogP contribution in [-0.4, -0.2) is 37.2 Å². The van der Waals surface area contributed by atoms with E-state index in [0.29, 0.717) is 24.5 Å². The number of aromatic nitrogens is 1. The number of nitrogens with zero attached hydrogens (tertiary/aromatic N) is 1. The van der Waals surface area contributed by atoms with Gasteiger partial charge in [0, 0.05) is 37.0 Å². The molecule has 0 saturated heterocycles. The quantitative estimate of drug-likeness (QED) is 0.676. The Labute approximate surface area is 128 Å². The van der Waals surface area contributed by atoms with Gasteiger partial charge in [0.2, 0.25) is 0 Å². The first-order valence-electron chi connectivity index (χ1n) is 6.94. The van der Waals surface area contributed by atoms with E-state index in [1.807, 2.05) is 6.92 Å². The molecule has 0 aromatic carbocycles. The minimum atomic E-state index is -0.120. The summed E-state index contributed by atoms with van der Waals surface area (Å²) in [7, 11) is 0. The van der Waals surface area contributed by atoms with Gasteiger partial charge in [-0.05, 0) is 41.8 Å². The molecule has 2 N–H and O–H groups in total. The van der Waals surface area contributed by atoms with Crippen molar-refractivity contribution >= 4 is 27.7 Å². The molecule has 0 aliphatic heterocycles. The van der Waals surface area contributed by atoms with Crippen LogP contribution >= 0.6 is 15.9 Å². The molecule has 20 heavy (non-hydrogen) atoms. The fourth-order valence-corrected chi connectivity index (χ4v) is 1.97. The van der Waals surface area contributed by atoms with Crippen LogP contribution in [0.2, 0.25) is 0 Å². The average molecular weight is 344 g/mol. The largest absolute Gasteiger partial charge is 0.381 e. The van der Waals surface area contributed by atoms with Gasteiger partial charge in [-0.1, -0.05) is 6.92 Å². The zero-order chi connectivity index (χ0) is 14.8. The van der Waals surface area contributed by atoms with Gasteiger partial charge in [0.05, 0.1) is 5.56 Å². The van der Waals surface area contributed by atoms with Crippen molar-refractivity contribution in [2.45, 2.75) is 26.7 Å².